The molecule has 0 unspecified atom stereocenters. The van der Waals surface area contributed by atoms with Gasteiger partial charge in [0.1, 0.15) is 0 Å². The first-order valence-corrected chi connectivity index (χ1v) is 11.3. The summed E-state index contributed by atoms with van der Waals surface area (Å²) in [4.78, 5) is 0. The number of halogens is 2. The highest BCUT2D eigenvalue weighted by Gasteiger charge is 2.11. The van der Waals surface area contributed by atoms with E-state index < -0.39 is 0 Å². The molecule has 0 saturated carbocycles. The van der Waals surface area contributed by atoms with E-state index in [1.807, 2.05) is 30.4 Å². The maximum absolute atomic E-state index is 9.85. The van der Waals surface area contributed by atoms with Gasteiger partial charge in [-0.25, -0.2) is 4.68 Å². The van der Waals surface area contributed by atoms with Gasteiger partial charge in [0.25, 0.3) is 0 Å². The van der Waals surface area contributed by atoms with Crippen LogP contribution in [-0.4, -0.2) is 34.2 Å². The van der Waals surface area contributed by atoms with Gasteiger partial charge in [-0.15, -0.1) is 0 Å². The molecule has 0 bridgehead atoms. The highest BCUT2D eigenvalue weighted by atomic mass is 35.5. The number of methoxy groups -OCH3 is 2. The standard InChI is InChI=1S/C27H22Cl2N2O4/c1-34-26-13-17(5-11-24(26)32)3-8-20-16-21(9-4-18-6-12-25(33)27(14-18)35-2)31(30-20)23-10-7-19(28)15-22(23)29/h3-16,32-33H,1-2H3/b8-3+,9-4+. The summed E-state index contributed by atoms with van der Waals surface area (Å²) in [5.74, 6) is 0.915. The van der Waals surface area contributed by atoms with Crippen molar-refractivity contribution in [1.29, 1.82) is 0 Å². The summed E-state index contributed by atoms with van der Waals surface area (Å²) in [6.07, 6.45) is 7.51. The van der Waals surface area contributed by atoms with Gasteiger partial charge >= 0.3 is 0 Å². The van der Waals surface area contributed by atoms with E-state index in [0.29, 0.717) is 32.9 Å². The monoisotopic (exact) mass is 508 g/mol. The van der Waals surface area contributed by atoms with Gasteiger partial charge in [-0.3, -0.25) is 0 Å². The van der Waals surface area contributed by atoms with E-state index in [1.165, 1.54) is 14.2 Å². The number of rotatable bonds is 7. The van der Waals surface area contributed by atoms with Crippen LogP contribution in [0.4, 0.5) is 0 Å². The number of hydrogen-bond acceptors (Lipinski definition) is 5. The van der Waals surface area contributed by atoms with Gasteiger partial charge in [0, 0.05) is 5.02 Å². The molecule has 0 atom stereocenters. The summed E-state index contributed by atoms with van der Waals surface area (Å²) in [6.45, 7) is 0. The first-order chi connectivity index (χ1) is 16.9. The van der Waals surface area contributed by atoms with Crippen LogP contribution in [0.3, 0.4) is 0 Å². The summed E-state index contributed by atoms with van der Waals surface area (Å²) in [5, 5.41) is 25.4. The van der Waals surface area contributed by atoms with E-state index in [4.69, 9.17) is 37.8 Å². The van der Waals surface area contributed by atoms with E-state index in [0.717, 1.165) is 16.8 Å². The zero-order valence-corrected chi connectivity index (χ0v) is 20.5. The van der Waals surface area contributed by atoms with Gasteiger partial charge < -0.3 is 19.7 Å². The third-order valence-corrected chi connectivity index (χ3v) is 5.73. The van der Waals surface area contributed by atoms with Crippen LogP contribution in [0, 0.1) is 0 Å². The van der Waals surface area contributed by atoms with Crippen LogP contribution < -0.4 is 9.47 Å². The van der Waals surface area contributed by atoms with Gasteiger partial charge in [-0.1, -0.05) is 47.5 Å². The molecule has 6 nitrogen and oxygen atoms in total. The number of phenols is 2. The first kappa shape index (κ1) is 24.3. The van der Waals surface area contributed by atoms with E-state index in [-0.39, 0.29) is 11.5 Å². The van der Waals surface area contributed by atoms with Crippen LogP contribution in [0.25, 0.3) is 30.0 Å². The van der Waals surface area contributed by atoms with Gasteiger partial charge in [-0.05, 0) is 71.8 Å². The lowest BCUT2D eigenvalue weighted by Gasteiger charge is -2.07. The number of aromatic hydroxyl groups is 2. The zero-order chi connectivity index (χ0) is 24.9. The third-order valence-electron chi connectivity index (χ3n) is 5.19. The fraction of sp³-hybridized carbons (Fsp3) is 0.0741. The molecule has 2 N–H and O–H groups in total. The van der Waals surface area contributed by atoms with Crippen LogP contribution in [-0.2, 0) is 0 Å². The molecular weight excluding hydrogens is 487 g/mol. The van der Waals surface area contributed by atoms with Gasteiger partial charge in [0.05, 0.1) is 36.3 Å². The molecule has 35 heavy (non-hydrogen) atoms. The fourth-order valence-corrected chi connectivity index (χ4v) is 3.91. The number of ether oxygens (including phenoxy) is 2. The van der Waals surface area contributed by atoms with E-state index >= 15 is 0 Å². The Morgan fingerprint density at radius 1 is 0.743 bits per heavy atom. The Bertz CT molecular complexity index is 1430. The Labute approximate surface area is 212 Å². The molecule has 3 aromatic carbocycles. The van der Waals surface area contributed by atoms with Crippen molar-refractivity contribution >= 4 is 47.5 Å². The lowest BCUT2D eigenvalue weighted by Crippen LogP contribution is -2.00. The van der Waals surface area contributed by atoms with Crippen molar-refractivity contribution in [1.82, 2.24) is 9.78 Å². The number of benzene rings is 3. The van der Waals surface area contributed by atoms with Crippen LogP contribution >= 0.6 is 23.2 Å². The molecule has 0 saturated heterocycles. The SMILES string of the molecule is COc1cc(/C=C/c2cc(/C=C/c3ccc(O)c(OC)c3)n(-c3ccc(Cl)cc3Cl)n2)ccc1O. The molecule has 0 amide bonds. The summed E-state index contributed by atoms with van der Waals surface area (Å²) >= 11 is 12.6. The minimum absolute atomic E-state index is 0.0703. The molecule has 4 rings (SSSR count). The zero-order valence-electron chi connectivity index (χ0n) is 18.9. The van der Waals surface area contributed by atoms with E-state index in [2.05, 4.69) is 0 Å². The normalized spacial score (nSPS) is 11.4. The van der Waals surface area contributed by atoms with Crippen molar-refractivity contribution in [3.05, 3.63) is 93.2 Å². The van der Waals surface area contributed by atoms with Crippen LogP contribution in [0.2, 0.25) is 10.0 Å². The second-order valence-electron chi connectivity index (χ2n) is 7.53. The topological polar surface area (TPSA) is 76.7 Å². The lowest BCUT2D eigenvalue weighted by molar-refractivity contribution is 0.373. The van der Waals surface area contributed by atoms with Gasteiger partial charge in [-0.2, -0.15) is 5.10 Å². The Hall–Kier alpha value is -3.87. The minimum Gasteiger partial charge on any atom is -0.504 e. The Morgan fingerprint density at radius 2 is 1.34 bits per heavy atom. The fourth-order valence-electron chi connectivity index (χ4n) is 3.42. The molecule has 0 aliphatic carbocycles. The van der Waals surface area contributed by atoms with Gasteiger partial charge in [0.2, 0.25) is 0 Å². The summed E-state index contributed by atoms with van der Waals surface area (Å²) < 4.78 is 12.1. The summed E-state index contributed by atoms with van der Waals surface area (Å²) in [7, 11) is 3.00. The Balaban J connectivity index is 1.73. The van der Waals surface area contributed by atoms with Crippen molar-refractivity contribution in [3.8, 4) is 28.7 Å². The number of nitrogens with zero attached hydrogens (tertiary/aromatic N) is 2. The highest BCUT2D eigenvalue weighted by molar-refractivity contribution is 6.35. The number of hydrogen-bond donors (Lipinski definition) is 2. The van der Waals surface area contributed by atoms with Crippen LogP contribution in [0.1, 0.15) is 22.5 Å². The second kappa shape index (κ2) is 10.6. The molecule has 1 heterocycles. The van der Waals surface area contributed by atoms with Crippen molar-refractivity contribution in [2.75, 3.05) is 14.2 Å². The van der Waals surface area contributed by atoms with E-state index in [9.17, 15) is 10.2 Å². The molecule has 1 aromatic heterocycles. The molecule has 178 valence electrons. The Morgan fingerprint density at radius 3 is 1.91 bits per heavy atom. The minimum atomic E-state index is 0.0703. The molecule has 0 aliphatic heterocycles. The highest BCUT2D eigenvalue weighted by Crippen LogP contribution is 2.30. The van der Waals surface area contributed by atoms with Crippen LogP contribution in [0.15, 0.2) is 60.7 Å². The van der Waals surface area contributed by atoms with Crippen molar-refractivity contribution in [2.24, 2.45) is 0 Å². The molecule has 8 heteroatoms. The predicted molar refractivity (Wildman–Crippen MR) is 141 cm³/mol. The lowest BCUT2D eigenvalue weighted by atomic mass is 10.1. The molecule has 0 fully saturated rings. The average molecular weight is 509 g/mol. The predicted octanol–water partition coefficient (Wildman–Crippen LogP) is 6.95. The van der Waals surface area contributed by atoms with Crippen molar-refractivity contribution < 1.29 is 19.7 Å². The smallest absolute Gasteiger partial charge is 0.161 e. The molecular formula is C27H22Cl2N2O4. The summed E-state index contributed by atoms with van der Waals surface area (Å²) in [5.41, 5.74) is 3.80. The maximum Gasteiger partial charge on any atom is 0.161 e. The molecule has 0 aliphatic rings. The molecule has 4 aromatic rings. The number of phenolic OH excluding ortho intramolecular Hbond substituents is 2. The molecule has 0 radical (unpaired) electrons. The maximum atomic E-state index is 9.85. The van der Waals surface area contributed by atoms with Crippen molar-refractivity contribution in [3.63, 3.8) is 0 Å². The largest absolute Gasteiger partial charge is 0.504 e. The van der Waals surface area contributed by atoms with Crippen molar-refractivity contribution in [2.45, 2.75) is 0 Å². The van der Waals surface area contributed by atoms with Crippen LogP contribution in [0.5, 0.6) is 23.0 Å². The number of aromatic nitrogens is 2. The molecule has 0 spiro atoms. The second-order valence-corrected chi connectivity index (χ2v) is 8.37. The van der Waals surface area contributed by atoms with Gasteiger partial charge in [0.15, 0.2) is 23.0 Å². The average Bonchev–Trinajstić information content (AvgIpc) is 3.25. The van der Waals surface area contributed by atoms with E-state index in [1.54, 1.807) is 59.3 Å². The Kier molecular flexibility index (Phi) is 7.34. The summed E-state index contributed by atoms with van der Waals surface area (Å²) in [6, 6.07) is 17.3. The third kappa shape index (κ3) is 5.62. The quantitative estimate of drug-likeness (QED) is 0.282. The first-order valence-electron chi connectivity index (χ1n) is 10.5.